The van der Waals surface area contributed by atoms with Crippen molar-refractivity contribution in [1.29, 1.82) is 0 Å². The van der Waals surface area contributed by atoms with Crippen LogP contribution in [0.4, 0.5) is 0 Å². The zero-order chi connectivity index (χ0) is 15.2. The van der Waals surface area contributed by atoms with Gasteiger partial charge in [0.15, 0.2) is 0 Å². The summed E-state index contributed by atoms with van der Waals surface area (Å²) >= 11 is 0. The van der Waals surface area contributed by atoms with Gasteiger partial charge in [0, 0.05) is 18.6 Å². The van der Waals surface area contributed by atoms with E-state index in [1.807, 2.05) is 0 Å². The van der Waals surface area contributed by atoms with Crippen molar-refractivity contribution in [2.24, 2.45) is 17.6 Å². The Labute approximate surface area is 126 Å². The maximum atomic E-state index is 6.18. The highest BCUT2D eigenvalue weighted by molar-refractivity contribution is 4.93. The van der Waals surface area contributed by atoms with E-state index >= 15 is 0 Å². The molecule has 20 heavy (non-hydrogen) atoms. The molecule has 0 spiro atoms. The Bertz CT molecular complexity index is 268. The number of nitrogens with zero attached hydrogens (tertiary/aromatic N) is 1. The lowest BCUT2D eigenvalue weighted by Gasteiger charge is -2.41. The van der Waals surface area contributed by atoms with Crippen molar-refractivity contribution < 1.29 is 4.74 Å². The summed E-state index contributed by atoms with van der Waals surface area (Å²) < 4.78 is 5.70. The van der Waals surface area contributed by atoms with Gasteiger partial charge < -0.3 is 10.5 Å². The molecule has 1 aliphatic carbocycles. The maximum Gasteiger partial charge on any atom is 0.0597 e. The highest BCUT2D eigenvalue weighted by Crippen LogP contribution is 2.36. The Morgan fingerprint density at radius 3 is 2.45 bits per heavy atom. The highest BCUT2D eigenvalue weighted by atomic mass is 16.5. The van der Waals surface area contributed by atoms with E-state index < -0.39 is 0 Å². The van der Waals surface area contributed by atoms with Gasteiger partial charge in [0.25, 0.3) is 0 Å². The van der Waals surface area contributed by atoms with Crippen LogP contribution in [0.25, 0.3) is 0 Å². The summed E-state index contributed by atoms with van der Waals surface area (Å²) in [5.41, 5.74) is 6.38. The minimum atomic E-state index is 0.198. The van der Waals surface area contributed by atoms with Crippen LogP contribution in [-0.2, 0) is 4.74 Å². The van der Waals surface area contributed by atoms with Gasteiger partial charge in [0.1, 0.15) is 0 Å². The van der Waals surface area contributed by atoms with E-state index in [0.29, 0.717) is 6.10 Å². The third-order valence-corrected chi connectivity index (χ3v) is 5.21. The van der Waals surface area contributed by atoms with E-state index in [2.05, 4.69) is 39.6 Å². The topological polar surface area (TPSA) is 38.5 Å². The minimum absolute atomic E-state index is 0.198. The number of hydrogen-bond acceptors (Lipinski definition) is 3. The first-order valence-corrected chi connectivity index (χ1v) is 8.44. The Hall–Kier alpha value is -0.120. The summed E-state index contributed by atoms with van der Waals surface area (Å²) in [4.78, 5) is 2.47. The summed E-state index contributed by atoms with van der Waals surface area (Å²) in [6.07, 6.45) is 6.81. The second kappa shape index (κ2) is 8.35. The summed E-state index contributed by atoms with van der Waals surface area (Å²) in [7, 11) is 2.23. The summed E-state index contributed by atoms with van der Waals surface area (Å²) in [6, 6.07) is 0. The van der Waals surface area contributed by atoms with Crippen LogP contribution in [0.2, 0.25) is 0 Å². The molecular weight excluding hydrogens is 248 g/mol. The largest absolute Gasteiger partial charge is 0.377 e. The Balaban J connectivity index is 2.57. The first kappa shape index (κ1) is 17.9. The molecule has 0 bridgehead atoms. The Kier molecular flexibility index (Phi) is 7.49. The van der Waals surface area contributed by atoms with Crippen LogP contribution < -0.4 is 5.73 Å². The zero-order valence-electron chi connectivity index (χ0n) is 14.3. The third-order valence-electron chi connectivity index (χ3n) is 5.21. The van der Waals surface area contributed by atoms with Crippen molar-refractivity contribution in [2.45, 2.75) is 71.4 Å². The lowest BCUT2D eigenvalue weighted by molar-refractivity contribution is 0.0291. The van der Waals surface area contributed by atoms with E-state index in [1.54, 1.807) is 0 Å². The molecule has 1 fully saturated rings. The molecule has 0 aromatic heterocycles. The van der Waals surface area contributed by atoms with E-state index in [0.717, 1.165) is 31.5 Å². The highest BCUT2D eigenvalue weighted by Gasteiger charge is 2.35. The van der Waals surface area contributed by atoms with Crippen molar-refractivity contribution in [3.8, 4) is 0 Å². The fourth-order valence-electron chi connectivity index (χ4n) is 3.49. The molecule has 1 rings (SSSR count). The lowest BCUT2D eigenvalue weighted by atomic mass is 9.85. The molecule has 0 amide bonds. The van der Waals surface area contributed by atoms with Crippen LogP contribution in [0, 0.1) is 11.8 Å². The molecule has 2 atom stereocenters. The van der Waals surface area contributed by atoms with Gasteiger partial charge in [-0.1, -0.05) is 26.7 Å². The van der Waals surface area contributed by atoms with Crippen LogP contribution in [0.3, 0.4) is 0 Å². The molecule has 2 N–H and O–H groups in total. The van der Waals surface area contributed by atoms with Gasteiger partial charge in [-0.3, -0.25) is 4.90 Å². The van der Waals surface area contributed by atoms with Crippen LogP contribution in [0.1, 0.15) is 59.8 Å². The summed E-state index contributed by atoms with van der Waals surface area (Å²) in [5.74, 6) is 1.68. The van der Waals surface area contributed by atoms with Crippen LogP contribution in [-0.4, -0.2) is 43.3 Å². The van der Waals surface area contributed by atoms with Crippen molar-refractivity contribution in [2.75, 3.05) is 26.7 Å². The lowest BCUT2D eigenvalue weighted by Crippen LogP contribution is -2.52. The molecule has 2 unspecified atom stereocenters. The monoisotopic (exact) mass is 284 g/mol. The first-order chi connectivity index (χ1) is 9.41. The molecule has 0 aromatic carbocycles. The third kappa shape index (κ3) is 5.01. The number of nitrogens with two attached hydrogens (primary N) is 1. The number of hydrogen-bond donors (Lipinski definition) is 1. The van der Waals surface area contributed by atoms with Crippen molar-refractivity contribution in [3.63, 3.8) is 0 Å². The molecule has 1 saturated carbocycles. The molecule has 0 aliphatic heterocycles. The van der Waals surface area contributed by atoms with E-state index in [-0.39, 0.29) is 5.54 Å². The van der Waals surface area contributed by atoms with Gasteiger partial charge in [-0.2, -0.15) is 0 Å². The number of ether oxygens (including phenoxy) is 1. The molecule has 0 radical (unpaired) electrons. The van der Waals surface area contributed by atoms with Crippen molar-refractivity contribution >= 4 is 0 Å². The van der Waals surface area contributed by atoms with Gasteiger partial charge in [-0.15, -0.1) is 0 Å². The normalized spacial score (nSPS) is 28.4. The van der Waals surface area contributed by atoms with Crippen molar-refractivity contribution in [3.05, 3.63) is 0 Å². The standard InChI is InChI=1S/C17H36N2O/c1-14(2)16-7-6-9-17(13-18,10-8-16)19(5)11-12-20-15(3)4/h14-16H,6-13,18H2,1-5H3. The first-order valence-electron chi connectivity index (χ1n) is 8.44. The number of likely N-dealkylation sites (N-methyl/N-ethyl adjacent to an activating group) is 1. The summed E-state index contributed by atoms with van der Waals surface area (Å²) in [5, 5.41) is 0. The fraction of sp³-hybridized carbons (Fsp3) is 1.00. The predicted octanol–water partition coefficient (Wildman–Crippen LogP) is 3.28. The maximum absolute atomic E-state index is 6.18. The molecule has 3 heteroatoms. The quantitative estimate of drug-likeness (QED) is 0.729. The van der Waals surface area contributed by atoms with E-state index in [1.165, 1.54) is 32.1 Å². The zero-order valence-corrected chi connectivity index (χ0v) is 14.3. The predicted molar refractivity (Wildman–Crippen MR) is 86.9 cm³/mol. The second-order valence-corrected chi connectivity index (χ2v) is 7.20. The van der Waals surface area contributed by atoms with E-state index in [9.17, 15) is 0 Å². The molecule has 0 aromatic rings. The summed E-state index contributed by atoms with van der Waals surface area (Å²) in [6.45, 7) is 11.5. The molecule has 0 heterocycles. The van der Waals surface area contributed by atoms with Crippen molar-refractivity contribution in [1.82, 2.24) is 4.90 Å². The minimum Gasteiger partial charge on any atom is -0.377 e. The van der Waals surface area contributed by atoms with Crippen LogP contribution in [0.5, 0.6) is 0 Å². The second-order valence-electron chi connectivity index (χ2n) is 7.20. The van der Waals surface area contributed by atoms with Gasteiger partial charge in [0.05, 0.1) is 12.7 Å². The molecule has 0 saturated heterocycles. The number of rotatable bonds is 7. The smallest absolute Gasteiger partial charge is 0.0597 e. The van der Waals surface area contributed by atoms with Gasteiger partial charge in [-0.05, 0) is 52.0 Å². The van der Waals surface area contributed by atoms with Crippen LogP contribution in [0.15, 0.2) is 0 Å². The molecule has 1 aliphatic rings. The molecule has 3 nitrogen and oxygen atoms in total. The van der Waals surface area contributed by atoms with Gasteiger partial charge >= 0.3 is 0 Å². The Morgan fingerprint density at radius 2 is 1.90 bits per heavy atom. The average molecular weight is 284 g/mol. The Morgan fingerprint density at radius 1 is 1.20 bits per heavy atom. The van der Waals surface area contributed by atoms with Gasteiger partial charge in [-0.25, -0.2) is 0 Å². The SMILES string of the molecule is CC(C)OCCN(C)C1(CN)CCCC(C(C)C)CC1. The molecule has 120 valence electrons. The van der Waals surface area contributed by atoms with Gasteiger partial charge in [0.2, 0.25) is 0 Å². The van der Waals surface area contributed by atoms with Crippen LogP contribution >= 0.6 is 0 Å². The fourth-order valence-corrected chi connectivity index (χ4v) is 3.49. The average Bonchev–Trinajstić information content (AvgIpc) is 2.61. The molecular formula is C17H36N2O. The van der Waals surface area contributed by atoms with E-state index in [4.69, 9.17) is 10.5 Å².